The van der Waals surface area contributed by atoms with Crippen molar-refractivity contribution in [3.05, 3.63) is 47.2 Å². The van der Waals surface area contributed by atoms with E-state index in [2.05, 4.69) is 41.8 Å². The summed E-state index contributed by atoms with van der Waals surface area (Å²) >= 11 is 0. The maximum absolute atomic E-state index is 11.6. The Hall–Kier alpha value is -1.77. The quantitative estimate of drug-likeness (QED) is 0.838. The van der Waals surface area contributed by atoms with E-state index < -0.39 is 0 Å². The lowest BCUT2D eigenvalue weighted by molar-refractivity contribution is 0.241. The number of hydrogen-bond donors (Lipinski definition) is 2. The second kappa shape index (κ2) is 6.84. The van der Waals surface area contributed by atoms with E-state index in [4.69, 9.17) is 0 Å². The molecule has 1 aromatic rings. The zero-order valence-electron chi connectivity index (χ0n) is 11.6. The molecule has 0 aromatic heterocycles. The zero-order valence-corrected chi connectivity index (χ0v) is 11.6. The Morgan fingerprint density at radius 2 is 1.89 bits per heavy atom. The van der Waals surface area contributed by atoms with Gasteiger partial charge in [0.05, 0.1) is 6.04 Å². The van der Waals surface area contributed by atoms with Crippen LogP contribution in [0.5, 0.6) is 0 Å². The van der Waals surface area contributed by atoms with Crippen molar-refractivity contribution in [2.24, 2.45) is 0 Å². The van der Waals surface area contributed by atoms with E-state index in [1.807, 2.05) is 20.8 Å². The maximum Gasteiger partial charge on any atom is 0.319 e. The van der Waals surface area contributed by atoms with E-state index in [9.17, 15) is 4.79 Å². The smallest absolute Gasteiger partial charge is 0.319 e. The highest BCUT2D eigenvalue weighted by atomic mass is 16.2. The van der Waals surface area contributed by atoms with Crippen LogP contribution >= 0.6 is 0 Å². The van der Waals surface area contributed by atoms with Gasteiger partial charge in [-0.15, -0.1) is 0 Å². The summed E-state index contributed by atoms with van der Waals surface area (Å²) in [5.41, 5.74) is 3.48. The van der Waals surface area contributed by atoms with Gasteiger partial charge in [-0.05, 0) is 38.3 Å². The molecular formula is C15H22N2O. The van der Waals surface area contributed by atoms with Crippen LogP contribution in [-0.2, 0) is 6.42 Å². The number of aryl methyl sites for hydroxylation is 1. The van der Waals surface area contributed by atoms with Crippen molar-refractivity contribution in [2.45, 2.75) is 40.2 Å². The third-order valence-corrected chi connectivity index (χ3v) is 2.73. The minimum absolute atomic E-state index is 0.00136. The van der Waals surface area contributed by atoms with E-state index in [-0.39, 0.29) is 12.1 Å². The Bertz CT molecular complexity index is 417. The fourth-order valence-corrected chi connectivity index (χ4v) is 1.57. The molecule has 2 N–H and O–H groups in total. The molecule has 1 atom stereocenters. The van der Waals surface area contributed by atoms with Crippen LogP contribution in [-0.4, -0.2) is 6.03 Å². The average molecular weight is 246 g/mol. The van der Waals surface area contributed by atoms with Crippen LogP contribution in [0.1, 0.15) is 44.9 Å². The largest absolute Gasteiger partial charge is 0.331 e. The number of carbonyl (C=O) groups is 1. The maximum atomic E-state index is 11.6. The lowest BCUT2D eigenvalue weighted by atomic mass is 10.1. The zero-order chi connectivity index (χ0) is 13.5. The highest BCUT2D eigenvalue weighted by Gasteiger charge is 2.07. The van der Waals surface area contributed by atoms with Gasteiger partial charge in [0.1, 0.15) is 0 Å². The first-order valence-corrected chi connectivity index (χ1v) is 6.32. The molecule has 3 nitrogen and oxygen atoms in total. The van der Waals surface area contributed by atoms with Crippen molar-refractivity contribution >= 4 is 6.03 Å². The number of carbonyl (C=O) groups excluding carboxylic acids is 1. The normalized spacial score (nSPS) is 11.6. The molecule has 0 heterocycles. The highest BCUT2D eigenvalue weighted by molar-refractivity contribution is 5.75. The van der Waals surface area contributed by atoms with Crippen LogP contribution in [0.25, 0.3) is 0 Å². The molecule has 1 aromatic carbocycles. The molecule has 18 heavy (non-hydrogen) atoms. The molecule has 0 saturated heterocycles. The van der Waals surface area contributed by atoms with E-state index in [0.717, 1.165) is 17.6 Å². The predicted octanol–water partition coefficient (Wildman–Crippen LogP) is 3.53. The Balaban J connectivity index is 2.56. The minimum Gasteiger partial charge on any atom is -0.331 e. The third-order valence-electron chi connectivity index (χ3n) is 2.73. The van der Waals surface area contributed by atoms with Gasteiger partial charge >= 0.3 is 6.03 Å². The fourth-order valence-electron chi connectivity index (χ4n) is 1.57. The first-order valence-electron chi connectivity index (χ1n) is 6.32. The predicted molar refractivity (Wildman–Crippen MR) is 75.3 cm³/mol. The van der Waals surface area contributed by atoms with Gasteiger partial charge in [0.25, 0.3) is 0 Å². The Morgan fingerprint density at radius 3 is 2.39 bits per heavy atom. The summed E-state index contributed by atoms with van der Waals surface area (Å²) in [5.74, 6) is 0. The highest BCUT2D eigenvalue weighted by Crippen LogP contribution is 2.13. The fraction of sp³-hybridized carbons (Fsp3) is 0.400. The van der Waals surface area contributed by atoms with Gasteiger partial charge in [0.15, 0.2) is 0 Å². The standard InChI is InChI=1S/C15H22N2O/c1-5-13-6-8-14(9-7-13)12(4)17-15(18)16-10-11(2)3/h6-10,12H,5H2,1-4H3,(H2,16,17,18). The summed E-state index contributed by atoms with van der Waals surface area (Å²) in [7, 11) is 0. The van der Waals surface area contributed by atoms with Crippen molar-refractivity contribution in [3.8, 4) is 0 Å². The molecule has 98 valence electrons. The van der Waals surface area contributed by atoms with Crippen LogP contribution in [0.2, 0.25) is 0 Å². The first kappa shape index (κ1) is 14.3. The van der Waals surface area contributed by atoms with E-state index in [1.54, 1.807) is 6.20 Å². The van der Waals surface area contributed by atoms with Crippen LogP contribution in [0, 0.1) is 0 Å². The van der Waals surface area contributed by atoms with Crippen LogP contribution in [0.3, 0.4) is 0 Å². The minimum atomic E-state index is -0.178. The molecule has 1 unspecified atom stereocenters. The Labute approximate surface area is 109 Å². The van der Waals surface area contributed by atoms with Crippen LogP contribution < -0.4 is 10.6 Å². The van der Waals surface area contributed by atoms with Crippen molar-refractivity contribution in [3.63, 3.8) is 0 Å². The van der Waals surface area contributed by atoms with Crippen molar-refractivity contribution in [1.29, 1.82) is 0 Å². The lowest BCUT2D eigenvalue weighted by Crippen LogP contribution is -2.34. The second-order valence-electron chi connectivity index (χ2n) is 4.66. The SMILES string of the molecule is CCc1ccc(C(C)NC(=O)NC=C(C)C)cc1. The number of hydrogen-bond acceptors (Lipinski definition) is 1. The second-order valence-corrected chi connectivity index (χ2v) is 4.66. The van der Waals surface area contributed by atoms with Gasteiger partial charge in [-0.1, -0.05) is 36.8 Å². The van der Waals surface area contributed by atoms with Gasteiger partial charge in [-0.3, -0.25) is 0 Å². The number of amides is 2. The molecule has 0 aliphatic carbocycles. The van der Waals surface area contributed by atoms with Gasteiger partial charge in [0.2, 0.25) is 0 Å². The Morgan fingerprint density at radius 1 is 1.28 bits per heavy atom. The van der Waals surface area contributed by atoms with Crippen LogP contribution in [0.15, 0.2) is 36.0 Å². The van der Waals surface area contributed by atoms with Crippen molar-refractivity contribution < 1.29 is 4.79 Å². The van der Waals surface area contributed by atoms with Gasteiger partial charge in [0, 0.05) is 6.20 Å². The van der Waals surface area contributed by atoms with E-state index in [1.165, 1.54) is 5.56 Å². The summed E-state index contributed by atoms with van der Waals surface area (Å²) in [6, 6.07) is 8.14. The summed E-state index contributed by atoms with van der Waals surface area (Å²) < 4.78 is 0. The monoisotopic (exact) mass is 246 g/mol. The molecule has 2 amide bonds. The van der Waals surface area contributed by atoms with Crippen molar-refractivity contribution in [2.75, 3.05) is 0 Å². The molecule has 3 heteroatoms. The number of rotatable bonds is 4. The number of benzene rings is 1. The summed E-state index contributed by atoms with van der Waals surface area (Å²) in [6.45, 7) is 7.98. The summed E-state index contributed by atoms with van der Waals surface area (Å²) in [5, 5.41) is 5.59. The molecule has 0 aliphatic rings. The molecule has 0 spiro atoms. The lowest BCUT2D eigenvalue weighted by Gasteiger charge is -2.14. The van der Waals surface area contributed by atoms with Gasteiger partial charge in [-0.25, -0.2) is 4.79 Å². The molecule has 1 rings (SSSR count). The number of urea groups is 1. The topological polar surface area (TPSA) is 41.1 Å². The molecule has 0 saturated carbocycles. The average Bonchev–Trinajstić information content (AvgIpc) is 2.36. The molecular weight excluding hydrogens is 224 g/mol. The number of allylic oxidation sites excluding steroid dienone is 1. The first-order chi connectivity index (χ1) is 8.52. The van der Waals surface area contributed by atoms with Crippen molar-refractivity contribution in [1.82, 2.24) is 10.6 Å². The van der Waals surface area contributed by atoms with Crippen LogP contribution in [0.4, 0.5) is 4.79 Å². The summed E-state index contributed by atoms with van der Waals surface area (Å²) in [4.78, 5) is 11.6. The molecule has 0 bridgehead atoms. The van der Waals surface area contributed by atoms with Gasteiger partial charge < -0.3 is 10.6 Å². The van der Waals surface area contributed by atoms with E-state index >= 15 is 0 Å². The number of nitrogens with one attached hydrogen (secondary N) is 2. The summed E-state index contributed by atoms with van der Waals surface area (Å²) in [6.07, 6.45) is 2.73. The van der Waals surface area contributed by atoms with E-state index in [0.29, 0.717) is 0 Å². The molecule has 0 radical (unpaired) electrons. The third kappa shape index (κ3) is 4.62. The molecule has 0 aliphatic heterocycles. The van der Waals surface area contributed by atoms with Gasteiger partial charge in [-0.2, -0.15) is 0 Å². The Kier molecular flexibility index (Phi) is 5.43. The molecule has 0 fully saturated rings.